The topological polar surface area (TPSA) is 35.5 Å². The molecule has 1 heterocycles. The fourth-order valence-electron chi connectivity index (χ4n) is 2.63. The molecular formula is C13H20O3. The Bertz CT molecular complexity index is 285. The second kappa shape index (κ2) is 5.00. The highest BCUT2D eigenvalue weighted by Crippen LogP contribution is 2.34. The average Bonchev–Trinajstić information content (AvgIpc) is 2.28. The summed E-state index contributed by atoms with van der Waals surface area (Å²) in [7, 11) is 0. The molecule has 2 rings (SSSR count). The number of ether oxygens (including phenoxy) is 2. The zero-order valence-corrected chi connectivity index (χ0v) is 9.91. The SMILES string of the molecule is C=C(C)C(=O)OC1COC2CCCCC2C1. The lowest BCUT2D eigenvalue weighted by atomic mass is 9.81. The summed E-state index contributed by atoms with van der Waals surface area (Å²) < 4.78 is 11.1. The lowest BCUT2D eigenvalue weighted by Gasteiger charge is -2.38. The molecule has 1 aliphatic heterocycles. The van der Waals surface area contributed by atoms with Crippen LogP contribution >= 0.6 is 0 Å². The van der Waals surface area contributed by atoms with Gasteiger partial charge in [0.05, 0.1) is 12.7 Å². The molecule has 0 bridgehead atoms. The molecule has 0 spiro atoms. The fourth-order valence-corrected chi connectivity index (χ4v) is 2.63. The van der Waals surface area contributed by atoms with Crippen LogP contribution in [0, 0.1) is 5.92 Å². The van der Waals surface area contributed by atoms with Crippen LogP contribution in [0.25, 0.3) is 0 Å². The second-order valence-electron chi connectivity index (χ2n) is 4.96. The van der Waals surface area contributed by atoms with Crippen LogP contribution in [0.4, 0.5) is 0 Å². The van der Waals surface area contributed by atoms with Crippen LogP contribution < -0.4 is 0 Å². The third-order valence-electron chi connectivity index (χ3n) is 3.52. The predicted octanol–water partition coefficient (Wildman–Crippen LogP) is 2.45. The minimum absolute atomic E-state index is 0.0662. The van der Waals surface area contributed by atoms with Crippen molar-refractivity contribution in [1.29, 1.82) is 0 Å². The van der Waals surface area contributed by atoms with E-state index in [1.54, 1.807) is 6.92 Å². The summed E-state index contributed by atoms with van der Waals surface area (Å²) >= 11 is 0. The van der Waals surface area contributed by atoms with Gasteiger partial charge in [-0.25, -0.2) is 4.79 Å². The minimum atomic E-state index is -0.289. The molecule has 1 saturated carbocycles. The maximum absolute atomic E-state index is 11.4. The first kappa shape index (κ1) is 11.6. The zero-order chi connectivity index (χ0) is 11.5. The molecule has 0 aromatic heterocycles. The maximum Gasteiger partial charge on any atom is 0.333 e. The number of rotatable bonds is 2. The van der Waals surface area contributed by atoms with E-state index in [-0.39, 0.29) is 12.1 Å². The third kappa shape index (κ3) is 2.64. The highest BCUT2D eigenvalue weighted by atomic mass is 16.6. The smallest absolute Gasteiger partial charge is 0.333 e. The van der Waals surface area contributed by atoms with E-state index in [2.05, 4.69) is 6.58 Å². The van der Waals surface area contributed by atoms with Gasteiger partial charge in [-0.1, -0.05) is 19.4 Å². The Morgan fingerprint density at radius 2 is 2.12 bits per heavy atom. The van der Waals surface area contributed by atoms with Gasteiger partial charge in [0.25, 0.3) is 0 Å². The number of hydrogen-bond donors (Lipinski definition) is 0. The van der Waals surface area contributed by atoms with Gasteiger partial charge in [0.1, 0.15) is 6.10 Å². The Hall–Kier alpha value is -0.830. The number of carbonyl (C=O) groups is 1. The molecule has 3 atom stereocenters. The molecule has 0 amide bonds. The summed E-state index contributed by atoms with van der Waals surface area (Å²) in [5.41, 5.74) is 0.464. The van der Waals surface area contributed by atoms with Gasteiger partial charge in [0.2, 0.25) is 0 Å². The molecule has 3 unspecified atom stereocenters. The summed E-state index contributed by atoms with van der Waals surface area (Å²) in [5, 5.41) is 0. The molecule has 1 aliphatic carbocycles. The molecule has 0 radical (unpaired) electrons. The molecule has 3 heteroatoms. The highest BCUT2D eigenvalue weighted by molar-refractivity contribution is 5.87. The van der Waals surface area contributed by atoms with E-state index >= 15 is 0 Å². The van der Waals surface area contributed by atoms with Gasteiger partial charge in [-0.05, 0) is 32.1 Å². The van der Waals surface area contributed by atoms with Gasteiger partial charge in [-0.15, -0.1) is 0 Å². The van der Waals surface area contributed by atoms with E-state index in [4.69, 9.17) is 9.47 Å². The fraction of sp³-hybridized carbons (Fsp3) is 0.769. The van der Waals surface area contributed by atoms with Crippen LogP contribution in [0.3, 0.4) is 0 Å². The van der Waals surface area contributed by atoms with Crippen LogP contribution in [-0.2, 0) is 14.3 Å². The monoisotopic (exact) mass is 224 g/mol. The highest BCUT2D eigenvalue weighted by Gasteiger charge is 2.34. The molecule has 90 valence electrons. The first-order valence-corrected chi connectivity index (χ1v) is 6.15. The maximum atomic E-state index is 11.4. The van der Waals surface area contributed by atoms with Gasteiger partial charge >= 0.3 is 5.97 Å². The molecule has 1 saturated heterocycles. The van der Waals surface area contributed by atoms with Crippen molar-refractivity contribution in [2.75, 3.05) is 6.61 Å². The summed E-state index contributed by atoms with van der Waals surface area (Å²) in [4.78, 5) is 11.4. The van der Waals surface area contributed by atoms with Crippen molar-refractivity contribution in [3.8, 4) is 0 Å². The molecule has 16 heavy (non-hydrogen) atoms. The lowest BCUT2D eigenvalue weighted by Crippen LogP contribution is -2.41. The summed E-state index contributed by atoms with van der Waals surface area (Å²) in [6.07, 6.45) is 6.25. The van der Waals surface area contributed by atoms with Crippen molar-refractivity contribution in [2.24, 2.45) is 5.92 Å². The number of fused-ring (bicyclic) bond motifs is 1. The standard InChI is InChI=1S/C13H20O3/c1-9(2)13(14)16-11-7-10-5-3-4-6-12(10)15-8-11/h10-12H,1,3-8H2,2H3. The Morgan fingerprint density at radius 3 is 2.88 bits per heavy atom. The van der Waals surface area contributed by atoms with Crippen LogP contribution in [0.15, 0.2) is 12.2 Å². The number of carbonyl (C=O) groups excluding carboxylic acids is 1. The van der Waals surface area contributed by atoms with Crippen molar-refractivity contribution >= 4 is 5.97 Å². The van der Waals surface area contributed by atoms with Gasteiger partial charge in [0.15, 0.2) is 0 Å². The van der Waals surface area contributed by atoms with Crippen molar-refractivity contribution < 1.29 is 14.3 Å². The molecule has 0 aromatic carbocycles. The van der Waals surface area contributed by atoms with Crippen LogP contribution in [0.5, 0.6) is 0 Å². The van der Waals surface area contributed by atoms with Crippen LogP contribution in [0.1, 0.15) is 39.0 Å². The molecule has 0 N–H and O–H groups in total. The van der Waals surface area contributed by atoms with E-state index in [0.29, 0.717) is 24.2 Å². The normalized spacial score (nSPS) is 33.9. The minimum Gasteiger partial charge on any atom is -0.457 e. The van der Waals surface area contributed by atoms with Gasteiger partial charge in [-0.2, -0.15) is 0 Å². The Kier molecular flexibility index (Phi) is 3.64. The second-order valence-corrected chi connectivity index (χ2v) is 4.96. The molecule has 2 fully saturated rings. The Balaban J connectivity index is 1.85. The molecule has 3 nitrogen and oxygen atoms in total. The van der Waals surface area contributed by atoms with E-state index in [9.17, 15) is 4.79 Å². The number of hydrogen-bond acceptors (Lipinski definition) is 3. The van der Waals surface area contributed by atoms with E-state index in [1.807, 2.05) is 0 Å². The van der Waals surface area contributed by atoms with E-state index in [0.717, 1.165) is 6.42 Å². The van der Waals surface area contributed by atoms with Crippen molar-refractivity contribution in [1.82, 2.24) is 0 Å². The summed E-state index contributed by atoms with van der Waals surface area (Å²) in [6.45, 7) is 5.82. The van der Waals surface area contributed by atoms with Crippen LogP contribution in [0.2, 0.25) is 0 Å². The van der Waals surface area contributed by atoms with Gasteiger partial charge in [-0.3, -0.25) is 0 Å². The van der Waals surface area contributed by atoms with Gasteiger partial charge < -0.3 is 9.47 Å². The lowest BCUT2D eigenvalue weighted by molar-refractivity contribution is -0.161. The van der Waals surface area contributed by atoms with Gasteiger partial charge in [0, 0.05) is 5.57 Å². The van der Waals surface area contributed by atoms with Crippen molar-refractivity contribution in [3.63, 3.8) is 0 Å². The first-order chi connectivity index (χ1) is 7.66. The predicted molar refractivity (Wildman–Crippen MR) is 61.0 cm³/mol. The summed E-state index contributed by atoms with van der Waals surface area (Å²) in [6, 6.07) is 0. The summed E-state index contributed by atoms with van der Waals surface area (Å²) in [5.74, 6) is 0.299. The number of esters is 1. The van der Waals surface area contributed by atoms with Crippen molar-refractivity contribution in [2.45, 2.75) is 51.2 Å². The molecule has 0 aromatic rings. The zero-order valence-electron chi connectivity index (χ0n) is 9.91. The quantitative estimate of drug-likeness (QED) is 0.534. The molecular weight excluding hydrogens is 204 g/mol. The van der Waals surface area contributed by atoms with Crippen molar-refractivity contribution in [3.05, 3.63) is 12.2 Å². The third-order valence-corrected chi connectivity index (χ3v) is 3.52. The largest absolute Gasteiger partial charge is 0.457 e. The average molecular weight is 224 g/mol. The molecule has 2 aliphatic rings. The van der Waals surface area contributed by atoms with Crippen LogP contribution in [-0.4, -0.2) is 24.8 Å². The first-order valence-electron chi connectivity index (χ1n) is 6.15. The Labute approximate surface area is 96.8 Å². The van der Waals surface area contributed by atoms with E-state index < -0.39 is 0 Å². The van der Waals surface area contributed by atoms with E-state index in [1.165, 1.54) is 25.7 Å². The Morgan fingerprint density at radius 1 is 1.38 bits per heavy atom.